The number of rotatable bonds is 2. The fourth-order valence-corrected chi connectivity index (χ4v) is 6.22. The second-order valence-corrected chi connectivity index (χ2v) is 11.2. The lowest BCUT2D eigenvalue weighted by molar-refractivity contribution is -0.122. The number of nitrogens with zero attached hydrogens (tertiary/aromatic N) is 1. The first-order chi connectivity index (χ1) is 17.4. The van der Waals surface area contributed by atoms with E-state index in [1.54, 1.807) is 0 Å². The minimum Gasteiger partial charge on any atom is -0.440 e. The Balaban J connectivity index is 1.49. The number of ether oxygens (including phenoxy) is 1. The molecule has 1 fully saturated rings. The maximum Gasteiger partial charge on any atom is 0.255 e. The van der Waals surface area contributed by atoms with Gasteiger partial charge in [-0.2, -0.15) is 0 Å². The third-order valence-electron chi connectivity index (χ3n) is 7.62. The molecule has 186 valence electrons. The molecule has 1 amide bonds. The minimum atomic E-state index is -0.442. The molecule has 0 radical (unpaired) electrons. The van der Waals surface area contributed by atoms with Crippen LogP contribution in [0.25, 0.3) is 6.08 Å². The molecule has 7 heteroatoms. The van der Waals surface area contributed by atoms with Crippen molar-refractivity contribution in [3.05, 3.63) is 98.1 Å². The fraction of sp³-hybridized carbons (Fsp3) is 0.345. The summed E-state index contributed by atoms with van der Waals surface area (Å²) in [5.74, 6) is 1.17. The molecule has 0 saturated heterocycles. The fourth-order valence-electron chi connectivity index (χ4n) is 5.96. The highest BCUT2D eigenvalue weighted by molar-refractivity contribution is 6.30. The highest BCUT2D eigenvalue weighted by Crippen LogP contribution is 2.46. The van der Waals surface area contributed by atoms with Gasteiger partial charge in [0.15, 0.2) is 0 Å². The number of halogens is 2. The van der Waals surface area contributed by atoms with Crippen LogP contribution >= 0.6 is 23.2 Å². The number of nitrogens with one attached hydrogen (secondary N) is 2. The predicted molar refractivity (Wildman–Crippen MR) is 143 cm³/mol. The van der Waals surface area contributed by atoms with Crippen molar-refractivity contribution in [2.75, 3.05) is 20.1 Å². The molecule has 3 heterocycles. The summed E-state index contributed by atoms with van der Waals surface area (Å²) in [5, 5.41) is 8.36. The molecule has 1 spiro atoms. The Morgan fingerprint density at radius 3 is 2.31 bits per heavy atom. The minimum absolute atomic E-state index is 0.0476. The Morgan fingerprint density at radius 1 is 0.944 bits per heavy atom. The van der Waals surface area contributed by atoms with Crippen molar-refractivity contribution >= 4 is 35.2 Å². The van der Waals surface area contributed by atoms with Crippen LogP contribution in [0.2, 0.25) is 10.0 Å². The van der Waals surface area contributed by atoms with Crippen LogP contribution in [0.4, 0.5) is 0 Å². The first kappa shape index (κ1) is 23.7. The van der Waals surface area contributed by atoms with Gasteiger partial charge in [-0.15, -0.1) is 0 Å². The van der Waals surface area contributed by atoms with Gasteiger partial charge in [-0.3, -0.25) is 9.69 Å². The highest BCUT2D eigenvalue weighted by atomic mass is 35.5. The van der Waals surface area contributed by atoms with Crippen LogP contribution in [0.1, 0.15) is 49.1 Å². The van der Waals surface area contributed by atoms with Gasteiger partial charge in [0.25, 0.3) is 5.91 Å². The molecular formula is C29H29Cl2N3O2. The van der Waals surface area contributed by atoms with Crippen LogP contribution in [-0.4, -0.2) is 36.6 Å². The lowest BCUT2D eigenvalue weighted by Crippen LogP contribution is -2.64. The van der Waals surface area contributed by atoms with Crippen LogP contribution in [-0.2, 0) is 9.53 Å². The highest BCUT2D eigenvalue weighted by Gasteiger charge is 2.47. The van der Waals surface area contributed by atoms with E-state index in [1.807, 2.05) is 48.5 Å². The number of carbonyl (C=O) groups is 1. The Hall–Kier alpha value is -2.73. The van der Waals surface area contributed by atoms with E-state index in [2.05, 4.69) is 28.7 Å². The Labute approximate surface area is 221 Å². The van der Waals surface area contributed by atoms with E-state index in [1.165, 1.54) is 6.42 Å². The molecule has 2 aromatic carbocycles. The van der Waals surface area contributed by atoms with Gasteiger partial charge in [0, 0.05) is 34.6 Å². The molecule has 36 heavy (non-hydrogen) atoms. The average molecular weight is 522 g/mol. The number of benzene rings is 2. The van der Waals surface area contributed by atoms with Gasteiger partial charge in [0.2, 0.25) is 5.88 Å². The predicted octanol–water partition coefficient (Wildman–Crippen LogP) is 5.98. The van der Waals surface area contributed by atoms with Gasteiger partial charge in [-0.1, -0.05) is 53.9 Å². The first-order valence-electron chi connectivity index (χ1n) is 12.6. The summed E-state index contributed by atoms with van der Waals surface area (Å²) >= 11 is 12.4. The molecule has 1 atom stereocenters. The third kappa shape index (κ3) is 4.34. The van der Waals surface area contributed by atoms with Crippen molar-refractivity contribution in [1.82, 2.24) is 15.5 Å². The van der Waals surface area contributed by atoms with Gasteiger partial charge in [0.05, 0.1) is 5.57 Å². The molecule has 4 aliphatic rings. The summed E-state index contributed by atoms with van der Waals surface area (Å²) < 4.78 is 6.66. The number of hydrogen-bond acceptors (Lipinski definition) is 4. The number of amides is 1. The molecule has 6 rings (SSSR count). The second kappa shape index (κ2) is 9.29. The van der Waals surface area contributed by atoms with Crippen LogP contribution in [0.3, 0.4) is 0 Å². The van der Waals surface area contributed by atoms with Crippen molar-refractivity contribution in [2.24, 2.45) is 0 Å². The van der Waals surface area contributed by atoms with Crippen molar-refractivity contribution in [3.63, 3.8) is 0 Å². The standard InChI is InChI=1S/C29H29Cl2N3O2/c1-34-16-20(15-18-5-9-21(30)10-6-18)26-23(17-34)24(19-7-11-22(31)12-8-19)25-27(35)32-29(33-28(25)36-26)13-3-2-4-14-29/h5-12,15,24,33H,2-4,13-14,16-17H2,1H3,(H,32,35)/b20-15-. The van der Waals surface area contributed by atoms with Gasteiger partial charge >= 0.3 is 0 Å². The molecule has 2 N–H and O–H groups in total. The lowest BCUT2D eigenvalue weighted by atomic mass is 9.77. The van der Waals surface area contributed by atoms with E-state index in [0.717, 1.165) is 60.3 Å². The second-order valence-electron chi connectivity index (χ2n) is 10.3. The van der Waals surface area contributed by atoms with Gasteiger partial charge < -0.3 is 15.4 Å². The Kier molecular flexibility index (Phi) is 6.11. The van der Waals surface area contributed by atoms with Crippen molar-refractivity contribution in [1.29, 1.82) is 0 Å². The molecule has 1 unspecified atom stereocenters. The van der Waals surface area contributed by atoms with Gasteiger partial charge in [-0.25, -0.2) is 0 Å². The van der Waals surface area contributed by atoms with Crippen LogP contribution in [0, 0.1) is 0 Å². The normalized spacial score (nSPS) is 24.7. The molecule has 1 saturated carbocycles. The quantitative estimate of drug-likeness (QED) is 0.510. The average Bonchev–Trinajstić information content (AvgIpc) is 2.86. The molecular weight excluding hydrogens is 493 g/mol. The molecule has 1 aliphatic carbocycles. The zero-order valence-electron chi connectivity index (χ0n) is 20.2. The largest absolute Gasteiger partial charge is 0.440 e. The Morgan fingerprint density at radius 2 is 1.61 bits per heavy atom. The molecule has 3 aliphatic heterocycles. The SMILES string of the molecule is CN1CC2=C(OC3=C(C(=O)NC4(CCCCC4)N3)C2c2ccc(Cl)cc2)/C(=C\c2ccc(Cl)cc2)C1. The molecule has 5 nitrogen and oxygen atoms in total. The van der Waals surface area contributed by atoms with E-state index < -0.39 is 5.66 Å². The van der Waals surface area contributed by atoms with Gasteiger partial charge in [0.1, 0.15) is 11.4 Å². The molecule has 0 aromatic heterocycles. The van der Waals surface area contributed by atoms with Gasteiger partial charge in [-0.05, 0) is 79.8 Å². The summed E-state index contributed by atoms with van der Waals surface area (Å²) in [6.45, 7) is 1.45. The number of hydrogen-bond donors (Lipinski definition) is 2. The van der Waals surface area contributed by atoms with E-state index >= 15 is 0 Å². The number of likely N-dealkylation sites (N-methyl/N-ethyl adjacent to an activating group) is 1. The smallest absolute Gasteiger partial charge is 0.255 e. The van der Waals surface area contributed by atoms with Crippen molar-refractivity contribution in [2.45, 2.75) is 43.7 Å². The number of carbonyl (C=O) groups excluding carboxylic acids is 1. The zero-order valence-corrected chi connectivity index (χ0v) is 21.8. The summed E-state index contributed by atoms with van der Waals surface area (Å²) in [7, 11) is 2.10. The van der Waals surface area contributed by atoms with Crippen molar-refractivity contribution < 1.29 is 9.53 Å². The van der Waals surface area contributed by atoms with E-state index in [9.17, 15) is 4.79 Å². The maximum absolute atomic E-state index is 13.7. The topological polar surface area (TPSA) is 53.6 Å². The Bertz CT molecular complexity index is 1290. The van der Waals surface area contributed by atoms with Crippen LogP contribution in [0.15, 0.2) is 76.9 Å². The van der Waals surface area contributed by atoms with Crippen LogP contribution < -0.4 is 10.6 Å². The summed E-state index contributed by atoms with van der Waals surface area (Å²) in [6, 6.07) is 15.6. The van der Waals surface area contributed by atoms with Crippen LogP contribution in [0.5, 0.6) is 0 Å². The van der Waals surface area contributed by atoms with Crippen molar-refractivity contribution in [3.8, 4) is 0 Å². The lowest BCUT2D eigenvalue weighted by Gasteiger charge is -2.47. The first-order valence-corrected chi connectivity index (χ1v) is 13.3. The molecule has 0 bridgehead atoms. The summed E-state index contributed by atoms with van der Waals surface area (Å²) in [4.78, 5) is 16.0. The van der Waals surface area contributed by atoms with E-state index in [4.69, 9.17) is 27.9 Å². The molecule has 2 aromatic rings. The summed E-state index contributed by atoms with van der Waals surface area (Å²) in [6.07, 6.45) is 7.30. The van der Waals surface area contributed by atoms with E-state index in [0.29, 0.717) is 28.0 Å². The maximum atomic E-state index is 13.7. The summed E-state index contributed by atoms with van der Waals surface area (Å²) in [5.41, 5.74) is 4.45. The zero-order chi connectivity index (χ0) is 24.9. The monoisotopic (exact) mass is 521 g/mol. The third-order valence-corrected chi connectivity index (χ3v) is 8.13. The van der Waals surface area contributed by atoms with E-state index in [-0.39, 0.29) is 11.8 Å².